The topological polar surface area (TPSA) is 59.8 Å². The maximum absolute atomic E-state index is 12.0. The summed E-state index contributed by atoms with van der Waals surface area (Å²) in [5.74, 6) is 0. The number of hydrogen-bond acceptors (Lipinski definition) is 4. The fourth-order valence-corrected chi connectivity index (χ4v) is 1.94. The molecule has 0 unspecified atom stereocenters. The molecule has 106 valence electrons. The third-order valence-electron chi connectivity index (χ3n) is 2.89. The SMILES string of the molecule is Cc1ccc(CNc2cnn(C(C)C)c(=O)c2Cl)cn1. The lowest BCUT2D eigenvalue weighted by molar-refractivity contribution is 0.503. The minimum absolute atomic E-state index is 0.0182. The molecule has 0 aliphatic heterocycles. The normalized spacial score (nSPS) is 10.8. The molecule has 0 spiro atoms. The number of rotatable bonds is 4. The summed E-state index contributed by atoms with van der Waals surface area (Å²) in [5, 5.41) is 7.38. The van der Waals surface area contributed by atoms with Crippen LogP contribution in [0.25, 0.3) is 0 Å². The van der Waals surface area contributed by atoms with Crippen LogP contribution in [0.4, 0.5) is 5.69 Å². The average Bonchev–Trinajstić information content (AvgIpc) is 2.42. The summed E-state index contributed by atoms with van der Waals surface area (Å²) in [6.45, 7) is 6.25. The zero-order valence-electron chi connectivity index (χ0n) is 11.7. The Hall–Kier alpha value is -1.88. The van der Waals surface area contributed by atoms with Gasteiger partial charge < -0.3 is 5.32 Å². The van der Waals surface area contributed by atoms with E-state index in [1.54, 1.807) is 12.4 Å². The molecular weight excluding hydrogens is 276 g/mol. The Morgan fingerprint density at radius 3 is 2.70 bits per heavy atom. The molecule has 0 aromatic carbocycles. The zero-order chi connectivity index (χ0) is 14.7. The van der Waals surface area contributed by atoms with Crippen LogP contribution in [0.2, 0.25) is 5.02 Å². The number of aromatic nitrogens is 3. The van der Waals surface area contributed by atoms with Crippen LogP contribution >= 0.6 is 11.6 Å². The third-order valence-corrected chi connectivity index (χ3v) is 3.25. The first kappa shape index (κ1) is 14.5. The van der Waals surface area contributed by atoms with Gasteiger partial charge in [-0.2, -0.15) is 5.10 Å². The van der Waals surface area contributed by atoms with E-state index in [0.29, 0.717) is 12.2 Å². The number of nitrogens with zero attached hydrogens (tertiary/aromatic N) is 3. The minimum atomic E-state index is -0.284. The molecule has 0 aliphatic carbocycles. The first-order valence-electron chi connectivity index (χ1n) is 6.41. The summed E-state index contributed by atoms with van der Waals surface area (Å²) >= 11 is 6.08. The van der Waals surface area contributed by atoms with Gasteiger partial charge in [-0.3, -0.25) is 9.78 Å². The Balaban J connectivity index is 2.16. The van der Waals surface area contributed by atoms with Crippen LogP contribution in [0.1, 0.15) is 31.1 Å². The van der Waals surface area contributed by atoms with Crippen molar-refractivity contribution in [2.75, 3.05) is 5.32 Å². The molecule has 0 saturated carbocycles. The standard InChI is InChI=1S/C14H17ClN4O/c1-9(2)19-14(20)13(15)12(8-18-19)17-7-11-5-4-10(3)16-6-11/h4-6,8-9,17H,7H2,1-3H3. The van der Waals surface area contributed by atoms with Crippen LogP contribution in [0.3, 0.4) is 0 Å². The van der Waals surface area contributed by atoms with Crippen LogP contribution in [-0.4, -0.2) is 14.8 Å². The molecule has 0 aliphatic rings. The number of hydrogen-bond donors (Lipinski definition) is 1. The molecule has 2 aromatic rings. The van der Waals surface area contributed by atoms with Gasteiger partial charge in [-0.25, -0.2) is 4.68 Å². The molecular formula is C14H17ClN4O. The van der Waals surface area contributed by atoms with Crippen LogP contribution < -0.4 is 10.9 Å². The van der Waals surface area contributed by atoms with Crippen molar-refractivity contribution in [1.29, 1.82) is 0 Å². The maximum Gasteiger partial charge on any atom is 0.287 e. The van der Waals surface area contributed by atoms with Crippen molar-refractivity contribution >= 4 is 17.3 Å². The molecule has 0 atom stereocenters. The molecule has 0 saturated heterocycles. The fourth-order valence-electron chi connectivity index (χ4n) is 1.74. The number of aryl methyl sites for hydroxylation is 1. The van der Waals surface area contributed by atoms with Crippen LogP contribution in [-0.2, 0) is 6.54 Å². The van der Waals surface area contributed by atoms with Gasteiger partial charge in [0.15, 0.2) is 0 Å². The van der Waals surface area contributed by atoms with Crippen molar-refractivity contribution in [1.82, 2.24) is 14.8 Å². The van der Waals surface area contributed by atoms with Crippen molar-refractivity contribution < 1.29 is 0 Å². The van der Waals surface area contributed by atoms with E-state index in [2.05, 4.69) is 15.4 Å². The van der Waals surface area contributed by atoms with E-state index in [1.165, 1.54) is 4.68 Å². The van der Waals surface area contributed by atoms with E-state index >= 15 is 0 Å². The number of anilines is 1. The summed E-state index contributed by atoms with van der Waals surface area (Å²) in [7, 11) is 0. The van der Waals surface area contributed by atoms with Crippen molar-refractivity contribution in [2.45, 2.75) is 33.4 Å². The van der Waals surface area contributed by atoms with Crippen molar-refractivity contribution in [3.8, 4) is 0 Å². The van der Waals surface area contributed by atoms with Crippen LogP contribution in [0, 0.1) is 6.92 Å². The van der Waals surface area contributed by atoms with E-state index in [-0.39, 0.29) is 16.6 Å². The van der Waals surface area contributed by atoms with Crippen molar-refractivity contribution in [3.63, 3.8) is 0 Å². The van der Waals surface area contributed by atoms with E-state index in [0.717, 1.165) is 11.3 Å². The molecule has 0 bridgehead atoms. The van der Waals surface area contributed by atoms with E-state index in [9.17, 15) is 4.79 Å². The van der Waals surface area contributed by atoms with E-state index in [4.69, 9.17) is 11.6 Å². The smallest absolute Gasteiger partial charge is 0.287 e. The van der Waals surface area contributed by atoms with Gasteiger partial charge in [-0.05, 0) is 32.4 Å². The predicted octanol–water partition coefficient (Wildman–Crippen LogP) is 2.79. The Labute approximate surface area is 122 Å². The molecule has 0 amide bonds. The summed E-state index contributed by atoms with van der Waals surface area (Å²) < 4.78 is 1.36. The second-order valence-electron chi connectivity index (χ2n) is 4.88. The largest absolute Gasteiger partial charge is 0.378 e. The Morgan fingerprint density at radius 2 is 2.10 bits per heavy atom. The molecule has 0 fully saturated rings. The van der Waals surface area contributed by atoms with Crippen molar-refractivity contribution in [3.05, 3.63) is 51.2 Å². The van der Waals surface area contributed by atoms with Gasteiger partial charge in [0.05, 0.1) is 17.9 Å². The molecule has 0 radical (unpaired) electrons. The highest BCUT2D eigenvalue weighted by Gasteiger charge is 2.10. The summed E-state index contributed by atoms with van der Waals surface area (Å²) in [4.78, 5) is 16.2. The molecule has 6 heteroatoms. The molecule has 2 rings (SSSR count). The highest BCUT2D eigenvalue weighted by molar-refractivity contribution is 6.32. The number of nitrogens with one attached hydrogen (secondary N) is 1. The highest BCUT2D eigenvalue weighted by Crippen LogP contribution is 2.17. The van der Waals surface area contributed by atoms with Crippen LogP contribution in [0.5, 0.6) is 0 Å². The number of pyridine rings is 1. The Morgan fingerprint density at radius 1 is 1.35 bits per heavy atom. The summed E-state index contributed by atoms with van der Waals surface area (Å²) in [5.41, 5.74) is 2.23. The zero-order valence-corrected chi connectivity index (χ0v) is 12.5. The highest BCUT2D eigenvalue weighted by atomic mass is 35.5. The molecule has 20 heavy (non-hydrogen) atoms. The van der Waals surface area contributed by atoms with Gasteiger partial charge in [0, 0.05) is 18.4 Å². The maximum atomic E-state index is 12.0. The minimum Gasteiger partial charge on any atom is -0.378 e. The first-order chi connectivity index (χ1) is 9.49. The monoisotopic (exact) mass is 292 g/mol. The molecule has 5 nitrogen and oxygen atoms in total. The third kappa shape index (κ3) is 3.17. The van der Waals surface area contributed by atoms with E-state index in [1.807, 2.05) is 32.9 Å². The van der Waals surface area contributed by atoms with Gasteiger partial charge in [-0.1, -0.05) is 17.7 Å². The summed E-state index contributed by atoms with van der Waals surface area (Å²) in [6.07, 6.45) is 3.37. The van der Waals surface area contributed by atoms with Crippen molar-refractivity contribution in [2.24, 2.45) is 0 Å². The Kier molecular flexibility index (Phi) is 4.39. The second kappa shape index (κ2) is 6.05. The van der Waals surface area contributed by atoms with Gasteiger partial charge in [-0.15, -0.1) is 0 Å². The molecule has 1 N–H and O–H groups in total. The summed E-state index contributed by atoms with van der Waals surface area (Å²) in [6, 6.07) is 3.90. The lowest BCUT2D eigenvalue weighted by Gasteiger charge is -2.12. The van der Waals surface area contributed by atoms with Gasteiger partial charge >= 0.3 is 0 Å². The number of halogens is 1. The quantitative estimate of drug-likeness (QED) is 0.941. The first-order valence-corrected chi connectivity index (χ1v) is 6.79. The second-order valence-corrected chi connectivity index (χ2v) is 5.26. The van der Waals surface area contributed by atoms with Crippen LogP contribution in [0.15, 0.2) is 29.3 Å². The predicted molar refractivity (Wildman–Crippen MR) is 80.2 cm³/mol. The lowest BCUT2D eigenvalue weighted by Crippen LogP contribution is -2.25. The molecule has 2 aromatic heterocycles. The molecule has 2 heterocycles. The average molecular weight is 293 g/mol. The lowest BCUT2D eigenvalue weighted by atomic mass is 10.2. The fraction of sp³-hybridized carbons (Fsp3) is 0.357. The van der Waals surface area contributed by atoms with Gasteiger partial charge in [0.1, 0.15) is 5.02 Å². The van der Waals surface area contributed by atoms with E-state index < -0.39 is 0 Å². The Bertz CT molecular complexity index is 649. The van der Waals surface area contributed by atoms with Gasteiger partial charge in [0.2, 0.25) is 0 Å². The van der Waals surface area contributed by atoms with Gasteiger partial charge in [0.25, 0.3) is 5.56 Å².